The topological polar surface area (TPSA) is 97.4 Å². The molecular formula is C20H15F4N3O4S. The maximum Gasteiger partial charge on any atom is 0.422 e. The van der Waals surface area contributed by atoms with Crippen molar-refractivity contribution in [2.45, 2.75) is 11.1 Å². The molecule has 3 rings (SSSR count). The van der Waals surface area contributed by atoms with E-state index in [1.165, 1.54) is 36.4 Å². The highest BCUT2D eigenvalue weighted by Crippen LogP contribution is 2.20. The van der Waals surface area contributed by atoms with E-state index in [0.29, 0.717) is 0 Å². The van der Waals surface area contributed by atoms with Crippen molar-refractivity contribution >= 4 is 27.3 Å². The Hall–Kier alpha value is -3.67. The number of sulfonamides is 1. The van der Waals surface area contributed by atoms with E-state index in [4.69, 9.17) is 0 Å². The van der Waals surface area contributed by atoms with Crippen molar-refractivity contribution in [2.24, 2.45) is 0 Å². The minimum Gasteiger partial charge on any atom is -0.468 e. The van der Waals surface area contributed by atoms with E-state index in [9.17, 15) is 30.8 Å². The first kappa shape index (κ1) is 23.0. The smallest absolute Gasteiger partial charge is 0.422 e. The number of anilines is 2. The van der Waals surface area contributed by atoms with Gasteiger partial charge in [0.2, 0.25) is 5.88 Å². The molecule has 0 aliphatic rings. The number of alkyl halides is 3. The van der Waals surface area contributed by atoms with Gasteiger partial charge in [-0.05, 0) is 48.5 Å². The Balaban J connectivity index is 1.69. The molecule has 0 atom stereocenters. The summed E-state index contributed by atoms with van der Waals surface area (Å²) in [7, 11) is -4.05. The standard InChI is InChI=1S/C20H15F4N3O4S/c21-14-4-6-15(7-5-14)27-32(29,30)17-3-1-2-13(10-17)19(28)26-16-8-9-18(25-11-16)31-12-20(22,23)24/h1-11,27H,12H2,(H,26,28). The summed E-state index contributed by atoms with van der Waals surface area (Å²) in [6, 6.07) is 12.3. The van der Waals surface area contributed by atoms with Gasteiger partial charge in [0.25, 0.3) is 15.9 Å². The van der Waals surface area contributed by atoms with Crippen LogP contribution in [-0.4, -0.2) is 32.1 Å². The number of hydrogen-bond donors (Lipinski definition) is 2. The minimum absolute atomic E-state index is 0.00405. The lowest BCUT2D eigenvalue weighted by Crippen LogP contribution is -2.19. The number of pyridine rings is 1. The van der Waals surface area contributed by atoms with Crippen molar-refractivity contribution in [1.82, 2.24) is 4.98 Å². The van der Waals surface area contributed by atoms with Gasteiger partial charge in [0, 0.05) is 17.3 Å². The zero-order chi connectivity index (χ0) is 23.4. The molecule has 0 aliphatic carbocycles. The number of hydrogen-bond acceptors (Lipinski definition) is 5. The Morgan fingerprint density at radius 3 is 2.31 bits per heavy atom. The van der Waals surface area contributed by atoms with Gasteiger partial charge in [0.1, 0.15) is 5.82 Å². The molecular weight excluding hydrogens is 454 g/mol. The third-order valence-corrected chi connectivity index (χ3v) is 5.26. The number of nitrogens with zero attached hydrogens (tertiary/aromatic N) is 1. The molecule has 7 nitrogen and oxygen atoms in total. The fraction of sp³-hybridized carbons (Fsp3) is 0.100. The maximum absolute atomic E-state index is 13.0. The average molecular weight is 469 g/mol. The molecule has 32 heavy (non-hydrogen) atoms. The van der Waals surface area contributed by atoms with Crippen LogP contribution in [0.5, 0.6) is 5.88 Å². The third-order valence-electron chi connectivity index (χ3n) is 3.88. The van der Waals surface area contributed by atoms with Crippen LogP contribution in [0.15, 0.2) is 71.8 Å². The van der Waals surface area contributed by atoms with E-state index < -0.39 is 34.5 Å². The van der Waals surface area contributed by atoms with Crippen molar-refractivity contribution in [2.75, 3.05) is 16.6 Å². The highest BCUT2D eigenvalue weighted by molar-refractivity contribution is 7.92. The SMILES string of the molecule is O=C(Nc1ccc(OCC(F)(F)F)nc1)c1cccc(S(=O)(=O)Nc2ccc(F)cc2)c1. The Morgan fingerprint density at radius 2 is 1.69 bits per heavy atom. The van der Waals surface area contributed by atoms with Crippen LogP contribution >= 0.6 is 0 Å². The summed E-state index contributed by atoms with van der Waals surface area (Å²) in [6.07, 6.45) is -3.41. The van der Waals surface area contributed by atoms with E-state index in [2.05, 4.69) is 19.8 Å². The number of ether oxygens (including phenoxy) is 1. The van der Waals surface area contributed by atoms with Gasteiger partial charge in [-0.1, -0.05) is 6.07 Å². The van der Waals surface area contributed by atoms with Crippen molar-refractivity contribution < 1.29 is 35.5 Å². The Labute approximate surface area is 180 Å². The second-order valence-corrected chi connectivity index (χ2v) is 8.07. The van der Waals surface area contributed by atoms with Gasteiger partial charge >= 0.3 is 6.18 Å². The molecule has 0 unspecified atom stereocenters. The Bertz CT molecular complexity index is 1200. The number of carbonyl (C=O) groups is 1. The largest absolute Gasteiger partial charge is 0.468 e. The maximum atomic E-state index is 13.0. The lowest BCUT2D eigenvalue weighted by Gasteiger charge is -2.11. The van der Waals surface area contributed by atoms with Crippen LogP contribution in [0, 0.1) is 5.82 Å². The fourth-order valence-corrected chi connectivity index (χ4v) is 3.54. The molecule has 1 amide bonds. The summed E-state index contributed by atoms with van der Waals surface area (Å²) in [5.74, 6) is -1.48. The zero-order valence-electron chi connectivity index (χ0n) is 16.1. The Morgan fingerprint density at radius 1 is 1.00 bits per heavy atom. The number of benzene rings is 2. The highest BCUT2D eigenvalue weighted by Gasteiger charge is 2.28. The number of carbonyl (C=O) groups excluding carboxylic acids is 1. The molecule has 1 heterocycles. The Kier molecular flexibility index (Phi) is 6.63. The molecule has 0 spiro atoms. The zero-order valence-corrected chi connectivity index (χ0v) is 16.9. The second-order valence-electron chi connectivity index (χ2n) is 6.38. The van der Waals surface area contributed by atoms with Crippen LogP contribution in [0.4, 0.5) is 28.9 Å². The summed E-state index contributed by atoms with van der Waals surface area (Å²) >= 11 is 0. The molecule has 3 aromatic rings. The normalized spacial score (nSPS) is 11.6. The van der Waals surface area contributed by atoms with Crippen LogP contribution < -0.4 is 14.8 Å². The second kappa shape index (κ2) is 9.22. The predicted molar refractivity (Wildman–Crippen MR) is 107 cm³/mol. The van der Waals surface area contributed by atoms with Gasteiger partial charge in [0.15, 0.2) is 6.61 Å². The van der Waals surface area contributed by atoms with Crippen LogP contribution in [0.1, 0.15) is 10.4 Å². The van der Waals surface area contributed by atoms with Gasteiger partial charge < -0.3 is 10.1 Å². The molecule has 0 saturated heterocycles. The predicted octanol–water partition coefficient (Wildman–Crippen LogP) is 4.21. The first-order valence-corrected chi connectivity index (χ1v) is 10.4. The molecule has 0 radical (unpaired) electrons. The van der Waals surface area contributed by atoms with E-state index in [1.807, 2.05) is 0 Å². The van der Waals surface area contributed by atoms with Crippen molar-refractivity contribution in [3.05, 3.63) is 78.2 Å². The lowest BCUT2D eigenvalue weighted by atomic mass is 10.2. The monoisotopic (exact) mass is 469 g/mol. The molecule has 1 aromatic heterocycles. The summed E-state index contributed by atoms with van der Waals surface area (Å²) in [4.78, 5) is 15.9. The number of aromatic nitrogens is 1. The average Bonchev–Trinajstić information content (AvgIpc) is 2.74. The molecule has 168 valence electrons. The van der Waals surface area contributed by atoms with E-state index >= 15 is 0 Å². The first-order valence-electron chi connectivity index (χ1n) is 8.87. The fourth-order valence-electron chi connectivity index (χ4n) is 2.44. The van der Waals surface area contributed by atoms with Crippen LogP contribution in [0.2, 0.25) is 0 Å². The molecule has 2 aromatic carbocycles. The van der Waals surface area contributed by atoms with E-state index in [1.54, 1.807) is 0 Å². The van der Waals surface area contributed by atoms with Crippen LogP contribution in [0.25, 0.3) is 0 Å². The van der Waals surface area contributed by atoms with E-state index in [-0.39, 0.29) is 27.7 Å². The third kappa shape index (κ3) is 6.41. The van der Waals surface area contributed by atoms with Crippen LogP contribution in [-0.2, 0) is 10.0 Å². The van der Waals surface area contributed by atoms with Gasteiger partial charge in [-0.2, -0.15) is 13.2 Å². The lowest BCUT2D eigenvalue weighted by molar-refractivity contribution is -0.154. The molecule has 2 N–H and O–H groups in total. The summed E-state index contributed by atoms with van der Waals surface area (Å²) in [5.41, 5.74) is 0.302. The number of nitrogens with one attached hydrogen (secondary N) is 2. The van der Waals surface area contributed by atoms with Crippen LogP contribution in [0.3, 0.4) is 0 Å². The van der Waals surface area contributed by atoms with Crippen molar-refractivity contribution in [3.63, 3.8) is 0 Å². The van der Waals surface area contributed by atoms with Crippen molar-refractivity contribution in [1.29, 1.82) is 0 Å². The first-order chi connectivity index (χ1) is 15.0. The van der Waals surface area contributed by atoms with Gasteiger partial charge in [-0.3, -0.25) is 9.52 Å². The quantitative estimate of drug-likeness (QED) is 0.505. The molecule has 0 aliphatic heterocycles. The summed E-state index contributed by atoms with van der Waals surface area (Å²) < 4.78 is 81.3. The van der Waals surface area contributed by atoms with Crippen molar-refractivity contribution in [3.8, 4) is 5.88 Å². The minimum atomic E-state index is -4.51. The molecule has 0 saturated carbocycles. The summed E-state index contributed by atoms with van der Waals surface area (Å²) in [5, 5.41) is 2.46. The summed E-state index contributed by atoms with van der Waals surface area (Å²) in [6.45, 7) is -1.50. The van der Waals surface area contributed by atoms with Gasteiger partial charge in [-0.25, -0.2) is 17.8 Å². The van der Waals surface area contributed by atoms with E-state index in [0.717, 1.165) is 30.5 Å². The highest BCUT2D eigenvalue weighted by atomic mass is 32.2. The number of rotatable bonds is 7. The number of amides is 1. The molecule has 0 bridgehead atoms. The number of halogens is 4. The van der Waals surface area contributed by atoms with Gasteiger partial charge in [-0.15, -0.1) is 0 Å². The van der Waals surface area contributed by atoms with Gasteiger partial charge in [0.05, 0.1) is 16.8 Å². The molecule has 12 heteroatoms. The molecule has 0 fully saturated rings.